The Hall–Kier alpha value is -3.97. The molecule has 2 N–H and O–H groups in total. The van der Waals surface area contributed by atoms with E-state index in [2.05, 4.69) is 5.32 Å². The quantitative estimate of drug-likeness (QED) is 0.272. The van der Waals surface area contributed by atoms with Crippen molar-refractivity contribution in [3.05, 3.63) is 90.5 Å². The summed E-state index contributed by atoms with van der Waals surface area (Å²) >= 11 is 0. The van der Waals surface area contributed by atoms with Gasteiger partial charge in [-0.05, 0) is 54.2 Å². The SMILES string of the molecule is CCC[C@@H]1C=C[C@H]2[C@H](C(=O)N([C@@H](CO)Cc3ccccc3)[C@@H]2C(=O)Nc2ccc3ccccc3c2)[C@@H]1C(=O)OCC. The van der Waals surface area contributed by atoms with Crippen molar-refractivity contribution in [3.63, 3.8) is 0 Å². The molecule has 5 rings (SSSR count). The van der Waals surface area contributed by atoms with Crippen LogP contribution in [0.15, 0.2) is 84.9 Å². The molecule has 0 radical (unpaired) electrons. The fraction of sp³-hybridized carbons (Fsp3) is 0.382. The van der Waals surface area contributed by atoms with Crippen LogP contribution in [0.3, 0.4) is 0 Å². The summed E-state index contributed by atoms with van der Waals surface area (Å²) in [5, 5.41) is 15.7. The van der Waals surface area contributed by atoms with Gasteiger partial charge in [-0.1, -0.05) is 86.2 Å². The molecule has 6 atom stereocenters. The fourth-order valence-corrected chi connectivity index (χ4v) is 6.63. The fourth-order valence-electron chi connectivity index (χ4n) is 6.63. The molecular weight excluding hydrogens is 516 g/mol. The van der Waals surface area contributed by atoms with E-state index in [1.165, 1.54) is 0 Å². The number of allylic oxidation sites excluding steroid dienone is 1. The molecule has 0 aromatic heterocycles. The van der Waals surface area contributed by atoms with Crippen molar-refractivity contribution >= 4 is 34.2 Å². The Kier molecular flexibility index (Phi) is 8.84. The third kappa shape index (κ3) is 5.77. The Balaban J connectivity index is 1.54. The summed E-state index contributed by atoms with van der Waals surface area (Å²) in [5.41, 5.74) is 1.57. The number of carbonyl (C=O) groups is 3. The first kappa shape index (κ1) is 28.6. The maximum absolute atomic E-state index is 14.3. The van der Waals surface area contributed by atoms with Crippen LogP contribution in [0.2, 0.25) is 0 Å². The number of hydrogen-bond acceptors (Lipinski definition) is 5. The average Bonchev–Trinajstić information content (AvgIpc) is 3.28. The second kappa shape index (κ2) is 12.7. The average molecular weight is 555 g/mol. The minimum absolute atomic E-state index is 0.157. The van der Waals surface area contributed by atoms with E-state index in [0.29, 0.717) is 12.1 Å². The molecule has 1 aliphatic carbocycles. The van der Waals surface area contributed by atoms with Gasteiger partial charge in [-0.25, -0.2) is 0 Å². The van der Waals surface area contributed by atoms with Crippen LogP contribution < -0.4 is 5.32 Å². The van der Waals surface area contributed by atoms with Crippen molar-refractivity contribution in [2.75, 3.05) is 18.5 Å². The van der Waals surface area contributed by atoms with Gasteiger partial charge in [0.15, 0.2) is 0 Å². The number of carbonyl (C=O) groups excluding carboxylic acids is 3. The molecular formula is C34H38N2O5. The molecule has 1 fully saturated rings. The van der Waals surface area contributed by atoms with Gasteiger partial charge in [0.2, 0.25) is 11.8 Å². The Morgan fingerprint density at radius 1 is 0.976 bits per heavy atom. The summed E-state index contributed by atoms with van der Waals surface area (Å²) in [6.45, 7) is 3.71. The topological polar surface area (TPSA) is 95.9 Å². The number of benzene rings is 3. The van der Waals surface area contributed by atoms with Gasteiger partial charge in [0.25, 0.3) is 0 Å². The number of fused-ring (bicyclic) bond motifs is 2. The summed E-state index contributed by atoms with van der Waals surface area (Å²) < 4.78 is 5.47. The van der Waals surface area contributed by atoms with E-state index < -0.39 is 35.8 Å². The van der Waals surface area contributed by atoms with Crippen molar-refractivity contribution in [2.24, 2.45) is 23.7 Å². The van der Waals surface area contributed by atoms with E-state index in [9.17, 15) is 19.5 Å². The zero-order chi connectivity index (χ0) is 28.9. The van der Waals surface area contributed by atoms with E-state index in [4.69, 9.17) is 4.74 Å². The molecule has 7 nitrogen and oxygen atoms in total. The summed E-state index contributed by atoms with van der Waals surface area (Å²) in [6, 6.07) is 21.7. The van der Waals surface area contributed by atoms with Crippen LogP contribution in [-0.4, -0.2) is 53.1 Å². The minimum atomic E-state index is -0.893. The van der Waals surface area contributed by atoms with Gasteiger partial charge < -0.3 is 20.1 Å². The standard InChI is InChI=1S/C34H38N2O5/c1-3-10-24-16-18-28-30(29(24)34(40)41-4-2)33(39)36(27(21-37)19-22-11-6-5-7-12-22)31(28)32(38)35-26-17-15-23-13-8-9-14-25(23)20-26/h5-9,11-18,20,24,27-31,37H,3-4,10,19,21H2,1-2H3,(H,35,38)/t24-,27-,28+,29-,30+,31+/m1/s1. The molecule has 3 aromatic rings. The number of rotatable bonds is 10. The van der Waals surface area contributed by atoms with Crippen molar-refractivity contribution in [3.8, 4) is 0 Å². The van der Waals surface area contributed by atoms with Crippen LogP contribution in [0.4, 0.5) is 5.69 Å². The van der Waals surface area contributed by atoms with E-state index in [1.54, 1.807) is 11.8 Å². The van der Waals surface area contributed by atoms with Crippen molar-refractivity contribution in [1.29, 1.82) is 0 Å². The van der Waals surface area contributed by atoms with E-state index >= 15 is 0 Å². The van der Waals surface area contributed by atoms with Gasteiger partial charge in [0.1, 0.15) is 6.04 Å². The molecule has 2 aliphatic rings. The molecule has 214 valence electrons. The Bertz CT molecular complexity index is 1420. The van der Waals surface area contributed by atoms with Crippen LogP contribution in [0.25, 0.3) is 10.8 Å². The number of aliphatic hydroxyl groups excluding tert-OH is 1. The highest BCUT2D eigenvalue weighted by Crippen LogP contribution is 2.46. The number of ether oxygens (including phenoxy) is 1. The molecule has 3 aromatic carbocycles. The normalized spacial score (nSPS) is 24.2. The van der Waals surface area contributed by atoms with Crippen LogP contribution in [0, 0.1) is 23.7 Å². The number of nitrogens with zero attached hydrogens (tertiary/aromatic N) is 1. The molecule has 41 heavy (non-hydrogen) atoms. The van der Waals surface area contributed by atoms with Crippen LogP contribution in [-0.2, 0) is 25.5 Å². The first-order valence-electron chi connectivity index (χ1n) is 14.6. The van der Waals surface area contributed by atoms with Crippen LogP contribution >= 0.6 is 0 Å². The first-order chi connectivity index (χ1) is 20.0. The number of nitrogens with one attached hydrogen (secondary N) is 1. The van der Waals surface area contributed by atoms with Gasteiger partial charge in [0.05, 0.1) is 31.1 Å². The zero-order valence-electron chi connectivity index (χ0n) is 23.6. The lowest BCUT2D eigenvalue weighted by Crippen LogP contribution is -2.51. The third-order valence-electron chi connectivity index (χ3n) is 8.43. The van der Waals surface area contributed by atoms with Crippen LogP contribution in [0.1, 0.15) is 32.3 Å². The molecule has 1 saturated heterocycles. The van der Waals surface area contributed by atoms with E-state index in [-0.39, 0.29) is 30.9 Å². The summed E-state index contributed by atoms with van der Waals surface area (Å²) in [6.07, 6.45) is 5.90. The maximum atomic E-state index is 14.3. The highest BCUT2D eigenvalue weighted by molar-refractivity contribution is 6.02. The molecule has 0 bridgehead atoms. The second-order valence-electron chi connectivity index (χ2n) is 11.0. The van der Waals surface area contributed by atoms with Gasteiger partial charge in [-0.3, -0.25) is 14.4 Å². The highest BCUT2D eigenvalue weighted by Gasteiger charge is 2.58. The monoisotopic (exact) mass is 554 g/mol. The molecule has 0 unspecified atom stereocenters. The van der Waals surface area contributed by atoms with Crippen LogP contribution in [0.5, 0.6) is 0 Å². The third-order valence-corrected chi connectivity index (χ3v) is 8.43. The van der Waals surface area contributed by atoms with Crippen molar-refractivity contribution < 1.29 is 24.2 Å². The lowest BCUT2D eigenvalue weighted by atomic mass is 9.69. The van der Waals surface area contributed by atoms with Gasteiger partial charge in [-0.15, -0.1) is 0 Å². The Morgan fingerprint density at radius 2 is 1.71 bits per heavy atom. The number of esters is 1. The number of anilines is 1. The molecule has 0 saturated carbocycles. The second-order valence-corrected chi connectivity index (χ2v) is 11.0. The lowest BCUT2D eigenvalue weighted by molar-refractivity contribution is -0.156. The number of hydrogen-bond donors (Lipinski definition) is 2. The first-order valence-corrected chi connectivity index (χ1v) is 14.6. The molecule has 1 heterocycles. The van der Waals surface area contributed by atoms with Gasteiger partial charge in [0, 0.05) is 11.6 Å². The predicted octanol–water partition coefficient (Wildman–Crippen LogP) is 4.99. The number of aliphatic hydroxyl groups is 1. The van der Waals surface area contributed by atoms with Crippen molar-refractivity contribution in [2.45, 2.75) is 45.2 Å². The smallest absolute Gasteiger partial charge is 0.310 e. The molecule has 0 spiro atoms. The molecule has 1 aliphatic heterocycles. The maximum Gasteiger partial charge on any atom is 0.310 e. The summed E-state index contributed by atoms with van der Waals surface area (Å²) in [4.78, 5) is 43.3. The highest BCUT2D eigenvalue weighted by atomic mass is 16.5. The Labute approximate surface area is 241 Å². The molecule has 7 heteroatoms. The predicted molar refractivity (Wildman–Crippen MR) is 159 cm³/mol. The summed E-state index contributed by atoms with van der Waals surface area (Å²) in [5.74, 6) is -3.15. The summed E-state index contributed by atoms with van der Waals surface area (Å²) in [7, 11) is 0. The van der Waals surface area contributed by atoms with E-state index in [0.717, 1.165) is 29.2 Å². The van der Waals surface area contributed by atoms with Gasteiger partial charge >= 0.3 is 5.97 Å². The zero-order valence-corrected chi connectivity index (χ0v) is 23.6. The lowest BCUT2D eigenvalue weighted by Gasteiger charge is -2.34. The molecule has 2 amide bonds. The van der Waals surface area contributed by atoms with Gasteiger partial charge in [-0.2, -0.15) is 0 Å². The van der Waals surface area contributed by atoms with E-state index in [1.807, 2.05) is 91.9 Å². The van der Waals surface area contributed by atoms with Crippen molar-refractivity contribution in [1.82, 2.24) is 4.90 Å². The largest absolute Gasteiger partial charge is 0.466 e. The number of amides is 2. The number of likely N-dealkylation sites (tertiary alicyclic amines) is 1. The minimum Gasteiger partial charge on any atom is -0.466 e. The Morgan fingerprint density at radius 3 is 2.41 bits per heavy atom.